The molecule has 1 N–H and O–H groups in total. The van der Waals surface area contributed by atoms with Crippen LogP contribution >= 0.6 is 0 Å². The van der Waals surface area contributed by atoms with Gasteiger partial charge in [0, 0.05) is 13.1 Å². The summed E-state index contributed by atoms with van der Waals surface area (Å²) in [5.74, 6) is -2.90. The molecule has 0 atom stereocenters. The lowest BCUT2D eigenvalue weighted by molar-refractivity contribution is 0.0277. The van der Waals surface area contributed by atoms with E-state index in [1.807, 2.05) is 30.3 Å². The lowest BCUT2D eigenvalue weighted by atomic mass is 10.1. The zero-order valence-electron chi connectivity index (χ0n) is 13.1. The van der Waals surface area contributed by atoms with Gasteiger partial charge in [-0.2, -0.15) is 0 Å². The predicted octanol–water partition coefficient (Wildman–Crippen LogP) is 3.38. The molecule has 0 aromatic heterocycles. The highest BCUT2D eigenvalue weighted by atomic mass is 19.2. The number of benzene rings is 2. The quantitative estimate of drug-likeness (QED) is 0.918. The molecule has 0 saturated heterocycles. The standard InChI is InChI=1S/C18H19F2NO2/c1-18(2,23)12-21(11-13-7-4-3-5-8-13)17(22)14-9-6-10-15(19)16(14)20/h3-10,23H,11-12H2,1-2H3. The van der Waals surface area contributed by atoms with Gasteiger partial charge >= 0.3 is 0 Å². The third kappa shape index (κ3) is 4.60. The molecule has 0 radical (unpaired) electrons. The van der Waals surface area contributed by atoms with Crippen molar-refractivity contribution >= 4 is 5.91 Å². The Hall–Kier alpha value is -2.27. The third-order valence-corrected chi connectivity index (χ3v) is 3.26. The Morgan fingerprint density at radius 3 is 2.35 bits per heavy atom. The van der Waals surface area contributed by atoms with Crippen LogP contribution in [0.5, 0.6) is 0 Å². The number of carbonyl (C=O) groups excluding carboxylic acids is 1. The minimum Gasteiger partial charge on any atom is -0.389 e. The monoisotopic (exact) mass is 319 g/mol. The van der Waals surface area contributed by atoms with Gasteiger partial charge in [0.15, 0.2) is 11.6 Å². The molecule has 0 aliphatic rings. The van der Waals surface area contributed by atoms with E-state index < -0.39 is 23.1 Å². The van der Waals surface area contributed by atoms with Gasteiger partial charge in [-0.15, -0.1) is 0 Å². The van der Waals surface area contributed by atoms with Gasteiger partial charge in [0.2, 0.25) is 0 Å². The average Bonchev–Trinajstić information content (AvgIpc) is 2.48. The fourth-order valence-corrected chi connectivity index (χ4v) is 2.31. The van der Waals surface area contributed by atoms with Gasteiger partial charge in [0.05, 0.1) is 11.2 Å². The number of hydrogen-bond acceptors (Lipinski definition) is 2. The summed E-state index contributed by atoms with van der Waals surface area (Å²) in [6.45, 7) is 3.30. The zero-order chi connectivity index (χ0) is 17.0. The molecule has 1 amide bonds. The Balaban J connectivity index is 2.32. The van der Waals surface area contributed by atoms with E-state index in [4.69, 9.17) is 0 Å². The van der Waals surface area contributed by atoms with Crippen LogP contribution in [0.2, 0.25) is 0 Å². The molecule has 2 aromatic carbocycles. The van der Waals surface area contributed by atoms with Gasteiger partial charge in [-0.3, -0.25) is 4.79 Å². The van der Waals surface area contributed by atoms with Gasteiger partial charge in [-0.1, -0.05) is 36.4 Å². The van der Waals surface area contributed by atoms with Crippen molar-refractivity contribution in [3.63, 3.8) is 0 Å². The van der Waals surface area contributed by atoms with Gasteiger partial charge < -0.3 is 10.0 Å². The molecule has 0 saturated carbocycles. The summed E-state index contributed by atoms with van der Waals surface area (Å²) in [5.41, 5.74) is -0.666. The number of halogens is 2. The number of nitrogens with zero attached hydrogens (tertiary/aromatic N) is 1. The van der Waals surface area contributed by atoms with E-state index in [0.29, 0.717) is 0 Å². The van der Waals surface area contributed by atoms with Crippen molar-refractivity contribution in [2.45, 2.75) is 26.0 Å². The molecule has 0 spiro atoms. The Bertz CT molecular complexity index is 681. The van der Waals surface area contributed by atoms with Crippen molar-refractivity contribution in [1.82, 2.24) is 4.90 Å². The van der Waals surface area contributed by atoms with Gasteiger partial charge in [-0.05, 0) is 31.5 Å². The molecule has 23 heavy (non-hydrogen) atoms. The molecule has 2 aromatic rings. The molecule has 5 heteroatoms. The Morgan fingerprint density at radius 1 is 1.09 bits per heavy atom. The first-order valence-corrected chi connectivity index (χ1v) is 7.27. The van der Waals surface area contributed by atoms with Crippen LogP contribution in [-0.4, -0.2) is 28.1 Å². The fraction of sp³-hybridized carbons (Fsp3) is 0.278. The second-order valence-electron chi connectivity index (χ2n) is 6.06. The van der Waals surface area contributed by atoms with Crippen molar-refractivity contribution in [2.24, 2.45) is 0 Å². The molecular formula is C18H19F2NO2. The first kappa shape index (κ1) is 17.1. The summed E-state index contributed by atoms with van der Waals surface area (Å²) < 4.78 is 27.3. The van der Waals surface area contributed by atoms with E-state index >= 15 is 0 Å². The van der Waals surface area contributed by atoms with Crippen molar-refractivity contribution < 1.29 is 18.7 Å². The average molecular weight is 319 g/mol. The molecule has 2 rings (SSSR count). The number of hydrogen-bond donors (Lipinski definition) is 1. The van der Waals surface area contributed by atoms with Crippen LogP contribution in [0, 0.1) is 11.6 Å². The van der Waals surface area contributed by atoms with Gasteiger partial charge in [0.1, 0.15) is 0 Å². The minimum absolute atomic E-state index is 0.00329. The molecule has 0 unspecified atom stereocenters. The molecule has 0 aliphatic heterocycles. The first-order chi connectivity index (χ1) is 10.8. The van der Waals surface area contributed by atoms with Gasteiger partial charge in [-0.25, -0.2) is 8.78 Å². The van der Waals surface area contributed by atoms with Crippen LogP contribution in [-0.2, 0) is 6.54 Å². The maximum absolute atomic E-state index is 13.9. The molecule has 0 heterocycles. The third-order valence-electron chi connectivity index (χ3n) is 3.26. The number of aliphatic hydroxyl groups is 1. The highest BCUT2D eigenvalue weighted by Crippen LogP contribution is 2.18. The lowest BCUT2D eigenvalue weighted by Crippen LogP contribution is -2.42. The van der Waals surface area contributed by atoms with Crippen LogP contribution in [0.1, 0.15) is 29.8 Å². The van der Waals surface area contributed by atoms with Crippen LogP contribution in [0.25, 0.3) is 0 Å². The van der Waals surface area contributed by atoms with Crippen molar-refractivity contribution in [3.05, 3.63) is 71.3 Å². The predicted molar refractivity (Wildman–Crippen MR) is 83.8 cm³/mol. The number of rotatable bonds is 5. The molecule has 0 aliphatic carbocycles. The smallest absolute Gasteiger partial charge is 0.257 e. The Kier molecular flexibility index (Phi) is 5.11. The second kappa shape index (κ2) is 6.87. The fourth-order valence-electron chi connectivity index (χ4n) is 2.31. The first-order valence-electron chi connectivity index (χ1n) is 7.27. The zero-order valence-corrected chi connectivity index (χ0v) is 13.1. The van der Waals surface area contributed by atoms with Gasteiger partial charge in [0.25, 0.3) is 5.91 Å². The number of amides is 1. The largest absolute Gasteiger partial charge is 0.389 e. The Labute approximate surface area is 134 Å². The molecule has 0 fully saturated rings. The maximum atomic E-state index is 13.9. The summed E-state index contributed by atoms with van der Waals surface area (Å²) in [6, 6.07) is 12.6. The van der Waals surface area contributed by atoms with E-state index in [1.165, 1.54) is 17.0 Å². The summed E-state index contributed by atoms with van der Waals surface area (Å²) in [6.07, 6.45) is 0. The normalized spacial score (nSPS) is 11.3. The second-order valence-corrected chi connectivity index (χ2v) is 6.06. The van der Waals surface area contributed by atoms with Crippen molar-refractivity contribution in [1.29, 1.82) is 0 Å². The highest BCUT2D eigenvalue weighted by Gasteiger charge is 2.26. The minimum atomic E-state index is -1.17. The van der Waals surface area contributed by atoms with E-state index in [-0.39, 0.29) is 18.7 Å². The molecule has 3 nitrogen and oxygen atoms in total. The van der Waals surface area contributed by atoms with E-state index in [0.717, 1.165) is 11.6 Å². The van der Waals surface area contributed by atoms with E-state index in [1.54, 1.807) is 13.8 Å². The molecule has 0 bridgehead atoms. The van der Waals surface area contributed by atoms with Crippen LogP contribution in [0.15, 0.2) is 48.5 Å². The summed E-state index contributed by atoms with van der Waals surface area (Å²) in [7, 11) is 0. The van der Waals surface area contributed by atoms with Crippen molar-refractivity contribution in [2.75, 3.05) is 6.54 Å². The topological polar surface area (TPSA) is 40.5 Å². The summed E-state index contributed by atoms with van der Waals surface area (Å²) >= 11 is 0. The van der Waals surface area contributed by atoms with Crippen molar-refractivity contribution in [3.8, 4) is 0 Å². The Morgan fingerprint density at radius 2 is 1.74 bits per heavy atom. The molecule has 122 valence electrons. The van der Waals surface area contributed by atoms with Crippen LogP contribution < -0.4 is 0 Å². The SMILES string of the molecule is CC(C)(O)CN(Cc1ccccc1)C(=O)c1cccc(F)c1F. The lowest BCUT2D eigenvalue weighted by Gasteiger charge is -2.29. The van der Waals surface area contributed by atoms with E-state index in [2.05, 4.69) is 0 Å². The van der Waals surface area contributed by atoms with Crippen LogP contribution in [0.4, 0.5) is 8.78 Å². The van der Waals surface area contributed by atoms with Crippen LogP contribution in [0.3, 0.4) is 0 Å². The highest BCUT2D eigenvalue weighted by molar-refractivity contribution is 5.94. The summed E-state index contributed by atoms with van der Waals surface area (Å²) in [4.78, 5) is 13.9. The van der Waals surface area contributed by atoms with E-state index in [9.17, 15) is 18.7 Å². The summed E-state index contributed by atoms with van der Waals surface area (Å²) in [5, 5.41) is 10.0. The maximum Gasteiger partial charge on any atom is 0.257 e. The molecular weight excluding hydrogens is 300 g/mol. The number of carbonyl (C=O) groups is 1.